The zero-order valence-corrected chi connectivity index (χ0v) is 11.6. The van der Waals surface area contributed by atoms with Crippen molar-refractivity contribution in [2.45, 2.75) is 51.4 Å². The molecule has 0 amide bonds. The minimum absolute atomic E-state index is 0.328. The van der Waals surface area contributed by atoms with E-state index < -0.39 is 0 Å². The number of unbranched alkanes of at least 4 members (excludes halogenated alkanes) is 2. The van der Waals surface area contributed by atoms with Crippen molar-refractivity contribution in [3.8, 4) is 0 Å². The predicted molar refractivity (Wildman–Crippen MR) is 71.3 cm³/mol. The molecular formula is C14H30O3. The summed E-state index contributed by atoms with van der Waals surface area (Å²) in [6.45, 7) is 2.07. The molecule has 0 saturated carbocycles. The highest BCUT2D eigenvalue weighted by molar-refractivity contribution is 4.61. The van der Waals surface area contributed by atoms with Crippen LogP contribution in [-0.4, -0.2) is 39.1 Å². The van der Waals surface area contributed by atoms with Crippen LogP contribution in [0.2, 0.25) is 0 Å². The number of aliphatic hydroxyl groups is 1. The molecule has 0 aromatic heterocycles. The number of aliphatic hydroxyl groups excluding tert-OH is 1. The van der Waals surface area contributed by atoms with E-state index >= 15 is 0 Å². The van der Waals surface area contributed by atoms with Crippen LogP contribution in [0.4, 0.5) is 0 Å². The van der Waals surface area contributed by atoms with Crippen molar-refractivity contribution < 1.29 is 14.6 Å². The molecule has 1 atom stereocenters. The molecule has 0 bridgehead atoms. The van der Waals surface area contributed by atoms with Crippen molar-refractivity contribution in [1.29, 1.82) is 0 Å². The summed E-state index contributed by atoms with van der Waals surface area (Å²) in [6, 6.07) is 0. The first-order valence-corrected chi connectivity index (χ1v) is 6.93. The van der Waals surface area contributed by atoms with E-state index in [2.05, 4.69) is 0 Å². The first kappa shape index (κ1) is 16.9. The average molecular weight is 246 g/mol. The predicted octanol–water partition coefficient (Wildman–Crippen LogP) is 3.01. The van der Waals surface area contributed by atoms with Crippen LogP contribution in [0.3, 0.4) is 0 Å². The third kappa shape index (κ3) is 12.1. The summed E-state index contributed by atoms with van der Waals surface area (Å²) in [5.41, 5.74) is 0. The first-order chi connectivity index (χ1) is 8.35. The zero-order chi connectivity index (χ0) is 12.8. The van der Waals surface area contributed by atoms with Gasteiger partial charge in [0.15, 0.2) is 0 Å². The van der Waals surface area contributed by atoms with Crippen LogP contribution in [0.15, 0.2) is 0 Å². The number of ether oxygens (including phenoxy) is 2. The molecule has 0 fully saturated rings. The lowest BCUT2D eigenvalue weighted by molar-refractivity contribution is 0.178. The molecule has 0 aliphatic rings. The van der Waals surface area contributed by atoms with Gasteiger partial charge in [0.05, 0.1) is 0 Å². The Labute approximate surface area is 107 Å². The normalized spacial score (nSPS) is 12.9. The smallest absolute Gasteiger partial charge is 0.0462 e. The Bertz CT molecular complexity index is 129. The van der Waals surface area contributed by atoms with Gasteiger partial charge in [-0.2, -0.15) is 0 Å². The van der Waals surface area contributed by atoms with E-state index in [1.54, 1.807) is 14.2 Å². The number of rotatable bonds is 13. The molecular weight excluding hydrogens is 216 g/mol. The number of hydrogen-bond donors (Lipinski definition) is 1. The average Bonchev–Trinajstić information content (AvgIpc) is 2.34. The van der Waals surface area contributed by atoms with Gasteiger partial charge in [0.1, 0.15) is 0 Å². The van der Waals surface area contributed by atoms with Gasteiger partial charge in [0.2, 0.25) is 0 Å². The topological polar surface area (TPSA) is 38.7 Å². The molecule has 17 heavy (non-hydrogen) atoms. The van der Waals surface area contributed by atoms with Crippen molar-refractivity contribution in [3.05, 3.63) is 0 Å². The third-order valence-corrected chi connectivity index (χ3v) is 3.19. The van der Waals surface area contributed by atoms with E-state index in [-0.39, 0.29) is 0 Å². The van der Waals surface area contributed by atoms with Crippen molar-refractivity contribution >= 4 is 0 Å². The molecule has 0 aliphatic carbocycles. The number of methoxy groups -OCH3 is 2. The third-order valence-electron chi connectivity index (χ3n) is 3.19. The molecule has 0 heterocycles. The van der Waals surface area contributed by atoms with Crippen LogP contribution in [0.5, 0.6) is 0 Å². The lowest BCUT2D eigenvalue weighted by atomic mass is 9.91. The second kappa shape index (κ2) is 13.9. The van der Waals surface area contributed by atoms with Crippen LogP contribution >= 0.6 is 0 Å². The molecule has 1 unspecified atom stereocenters. The second-order valence-electron chi connectivity index (χ2n) is 4.71. The highest BCUT2D eigenvalue weighted by atomic mass is 16.5. The molecule has 0 aliphatic heterocycles. The molecule has 1 N–H and O–H groups in total. The molecule has 0 aromatic rings. The second-order valence-corrected chi connectivity index (χ2v) is 4.71. The SMILES string of the molecule is COCCCCC(CCCCO)CCCOC. The minimum atomic E-state index is 0.328. The van der Waals surface area contributed by atoms with Gasteiger partial charge in [-0.3, -0.25) is 0 Å². The van der Waals surface area contributed by atoms with Gasteiger partial charge in [-0.05, 0) is 31.6 Å². The van der Waals surface area contributed by atoms with Gasteiger partial charge in [-0.1, -0.05) is 25.7 Å². The van der Waals surface area contributed by atoms with E-state index in [1.165, 1.54) is 25.7 Å². The highest BCUT2D eigenvalue weighted by Gasteiger charge is 2.08. The van der Waals surface area contributed by atoms with Gasteiger partial charge >= 0.3 is 0 Å². The monoisotopic (exact) mass is 246 g/mol. The Hall–Kier alpha value is -0.120. The summed E-state index contributed by atoms with van der Waals surface area (Å²) in [5.74, 6) is 0.800. The summed E-state index contributed by atoms with van der Waals surface area (Å²) in [7, 11) is 3.52. The Balaban J connectivity index is 3.60. The standard InChI is InChI=1S/C14H30O3/c1-16-12-6-4-9-14(8-3-5-11-15)10-7-13-17-2/h14-15H,3-13H2,1-2H3. The molecule has 0 radical (unpaired) electrons. The van der Waals surface area contributed by atoms with Crippen LogP contribution in [0.25, 0.3) is 0 Å². The van der Waals surface area contributed by atoms with E-state index in [9.17, 15) is 0 Å². The highest BCUT2D eigenvalue weighted by Crippen LogP contribution is 2.21. The maximum atomic E-state index is 8.80. The zero-order valence-electron chi connectivity index (χ0n) is 11.6. The molecule has 0 aromatic carbocycles. The lowest BCUT2D eigenvalue weighted by Crippen LogP contribution is -2.04. The van der Waals surface area contributed by atoms with Crippen molar-refractivity contribution in [3.63, 3.8) is 0 Å². The Morgan fingerprint density at radius 1 is 0.765 bits per heavy atom. The summed E-state index contributed by atoms with van der Waals surface area (Å²) in [6.07, 6.45) is 9.46. The minimum Gasteiger partial charge on any atom is -0.396 e. The maximum Gasteiger partial charge on any atom is 0.0462 e. The van der Waals surface area contributed by atoms with Crippen molar-refractivity contribution in [2.24, 2.45) is 5.92 Å². The summed E-state index contributed by atoms with van der Waals surface area (Å²) < 4.78 is 10.2. The van der Waals surface area contributed by atoms with Gasteiger partial charge in [0.25, 0.3) is 0 Å². The van der Waals surface area contributed by atoms with Gasteiger partial charge in [0, 0.05) is 34.0 Å². The van der Waals surface area contributed by atoms with E-state index in [4.69, 9.17) is 14.6 Å². The molecule has 0 rings (SSSR count). The molecule has 104 valence electrons. The Morgan fingerprint density at radius 3 is 1.88 bits per heavy atom. The molecule has 0 spiro atoms. The summed E-state index contributed by atoms with van der Waals surface area (Å²) >= 11 is 0. The Morgan fingerprint density at radius 2 is 1.29 bits per heavy atom. The largest absolute Gasteiger partial charge is 0.396 e. The summed E-state index contributed by atoms with van der Waals surface area (Å²) in [4.78, 5) is 0. The van der Waals surface area contributed by atoms with E-state index in [0.717, 1.165) is 44.8 Å². The van der Waals surface area contributed by atoms with E-state index in [1.807, 2.05) is 0 Å². The fourth-order valence-electron chi connectivity index (χ4n) is 2.17. The Kier molecular flexibility index (Phi) is 13.8. The quantitative estimate of drug-likeness (QED) is 0.508. The van der Waals surface area contributed by atoms with Crippen molar-refractivity contribution in [1.82, 2.24) is 0 Å². The number of hydrogen-bond acceptors (Lipinski definition) is 3. The van der Waals surface area contributed by atoms with Crippen LogP contribution in [-0.2, 0) is 9.47 Å². The van der Waals surface area contributed by atoms with Crippen LogP contribution in [0.1, 0.15) is 51.4 Å². The van der Waals surface area contributed by atoms with Crippen molar-refractivity contribution in [2.75, 3.05) is 34.0 Å². The van der Waals surface area contributed by atoms with Crippen LogP contribution in [0, 0.1) is 5.92 Å². The van der Waals surface area contributed by atoms with Crippen LogP contribution < -0.4 is 0 Å². The van der Waals surface area contributed by atoms with E-state index in [0.29, 0.717) is 6.61 Å². The molecule has 3 nitrogen and oxygen atoms in total. The summed E-state index contributed by atoms with van der Waals surface area (Å²) in [5, 5.41) is 8.80. The maximum absolute atomic E-state index is 8.80. The van der Waals surface area contributed by atoms with Gasteiger partial charge in [-0.25, -0.2) is 0 Å². The lowest BCUT2D eigenvalue weighted by Gasteiger charge is -2.16. The fraction of sp³-hybridized carbons (Fsp3) is 1.00. The fourth-order valence-corrected chi connectivity index (χ4v) is 2.17. The molecule has 0 saturated heterocycles. The molecule has 3 heteroatoms. The first-order valence-electron chi connectivity index (χ1n) is 6.93. The van der Waals surface area contributed by atoms with Gasteiger partial charge < -0.3 is 14.6 Å². The van der Waals surface area contributed by atoms with Gasteiger partial charge in [-0.15, -0.1) is 0 Å².